The minimum atomic E-state index is -0.197. The Morgan fingerprint density at radius 2 is 2.07 bits per heavy atom. The van der Waals surface area contributed by atoms with Gasteiger partial charge in [0.05, 0.1) is 25.5 Å². The largest absolute Gasteiger partial charge is 0.381 e. The Morgan fingerprint density at radius 3 is 2.90 bits per heavy atom. The fraction of sp³-hybridized carbons (Fsp3) is 0.476. The van der Waals surface area contributed by atoms with Gasteiger partial charge in [-0.3, -0.25) is 9.59 Å². The van der Waals surface area contributed by atoms with E-state index in [-0.39, 0.29) is 23.8 Å². The van der Waals surface area contributed by atoms with Gasteiger partial charge in [0, 0.05) is 35.9 Å². The lowest BCUT2D eigenvalue weighted by Gasteiger charge is -2.28. The number of anilines is 2. The summed E-state index contributed by atoms with van der Waals surface area (Å²) >= 11 is 1.50. The van der Waals surface area contributed by atoms with Crippen LogP contribution in [0, 0.1) is 17.8 Å². The SMILES string of the molecule is O=C(Nc1nc2c(s1)CN(C(=O)C1Cc3ccccc3N1)CC2)[C@@H]1[C@@H]2COC[C@@H]21. The Kier molecular flexibility index (Phi) is 3.92. The highest BCUT2D eigenvalue weighted by Crippen LogP contribution is 2.51. The summed E-state index contributed by atoms with van der Waals surface area (Å²) in [5.74, 6) is 1.06. The summed E-state index contributed by atoms with van der Waals surface area (Å²) in [5.41, 5.74) is 3.26. The number of ether oxygens (including phenoxy) is 1. The van der Waals surface area contributed by atoms with Crippen LogP contribution in [-0.2, 0) is 33.7 Å². The van der Waals surface area contributed by atoms with Crippen LogP contribution in [0.1, 0.15) is 16.1 Å². The number of hydrogen-bond donors (Lipinski definition) is 2. The smallest absolute Gasteiger partial charge is 0.245 e. The van der Waals surface area contributed by atoms with Gasteiger partial charge in [0.2, 0.25) is 11.8 Å². The number of carbonyl (C=O) groups is 2. The molecule has 0 spiro atoms. The first kappa shape index (κ1) is 17.4. The number of thiazole rings is 1. The fourth-order valence-corrected chi connectivity index (χ4v) is 5.95. The van der Waals surface area contributed by atoms with E-state index in [9.17, 15) is 9.59 Å². The van der Waals surface area contributed by atoms with Crippen LogP contribution >= 0.6 is 11.3 Å². The third-order valence-electron chi connectivity index (χ3n) is 6.60. The van der Waals surface area contributed by atoms with Crippen molar-refractivity contribution in [1.82, 2.24) is 9.88 Å². The van der Waals surface area contributed by atoms with Gasteiger partial charge in [0.15, 0.2) is 5.13 Å². The maximum atomic E-state index is 13.0. The number of rotatable bonds is 3. The topological polar surface area (TPSA) is 83.6 Å². The summed E-state index contributed by atoms with van der Waals surface area (Å²) in [6, 6.07) is 7.89. The molecule has 4 heterocycles. The second kappa shape index (κ2) is 6.53. The van der Waals surface area contributed by atoms with Crippen molar-refractivity contribution in [2.45, 2.75) is 25.4 Å². The molecule has 29 heavy (non-hydrogen) atoms. The number of para-hydroxylation sites is 1. The van der Waals surface area contributed by atoms with Crippen LogP contribution < -0.4 is 10.6 Å². The minimum Gasteiger partial charge on any atom is -0.381 e. The van der Waals surface area contributed by atoms with Gasteiger partial charge in [-0.1, -0.05) is 29.5 Å². The molecule has 0 bridgehead atoms. The zero-order chi connectivity index (χ0) is 19.5. The van der Waals surface area contributed by atoms with E-state index in [2.05, 4.69) is 21.7 Å². The van der Waals surface area contributed by atoms with Crippen LogP contribution in [0.2, 0.25) is 0 Å². The fourth-order valence-electron chi connectivity index (χ4n) is 4.92. The van der Waals surface area contributed by atoms with Crippen molar-refractivity contribution in [1.29, 1.82) is 0 Å². The van der Waals surface area contributed by atoms with E-state index in [1.165, 1.54) is 16.9 Å². The van der Waals surface area contributed by atoms with E-state index in [4.69, 9.17) is 4.74 Å². The van der Waals surface area contributed by atoms with E-state index in [1.807, 2.05) is 23.1 Å². The van der Waals surface area contributed by atoms with E-state index in [0.29, 0.717) is 43.3 Å². The molecule has 2 fully saturated rings. The first-order valence-corrected chi connectivity index (χ1v) is 11.0. The molecular weight excluding hydrogens is 388 g/mol. The molecule has 1 unspecified atom stereocenters. The standard InChI is InChI=1S/C21H22N4O3S/c26-19(18-12-9-28-10-13(12)18)24-21-23-15-5-6-25(8-17(15)29-21)20(27)16-7-11-3-1-2-4-14(11)22-16/h1-4,12-13,16,18,22H,5-10H2,(H,23,24,26)/t12-,13+,16?,18-. The van der Waals surface area contributed by atoms with Crippen molar-refractivity contribution in [2.75, 3.05) is 30.4 Å². The van der Waals surface area contributed by atoms with E-state index >= 15 is 0 Å². The molecule has 1 aliphatic carbocycles. The van der Waals surface area contributed by atoms with Gasteiger partial charge in [-0.2, -0.15) is 0 Å². The maximum absolute atomic E-state index is 13.0. The van der Waals surface area contributed by atoms with Crippen molar-refractivity contribution in [3.8, 4) is 0 Å². The molecule has 1 saturated carbocycles. The van der Waals surface area contributed by atoms with Gasteiger partial charge in [-0.25, -0.2) is 4.98 Å². The van der Waals surface area contributed by atoms with Gasteiger partial charge in [-0.05, 0) is 23.5 Å². The van der Waals surface area contributed by atoms with Gasteiger partial charge < -0.3 is 20.3 Å². The van der Waals surface area contributed by atoms with Crippen LogP contribution in [0.25, 0.3) is 0 Å². The highest BCUT2D eigenvalue weighted by Gasteiger charge is 2.58. The quantitative estimate of drug-likeness (QED) is 0.808. The monoisotopic (exact) mass is 410 g/mol. The molecule has 2 amide bonds. The third kappa shape index (κ3) is 2.93. The number of benzene rings is 1. The van der Waals surface area contributed by atoms with Crippen molar-refractivity contribution < 1.29 is 14.3 Å². The first-order chi connectivity index (χ1) is 14.2. The van der Waals surface area contributed by atoms with Crippen molar-refractivity contribution >= 4 is 34.0 Å². The van der Waals surface area contributed by atoms with E-state index < -0.39 is 0 Å². The average Bonchev–Trinajstić information content (AvgIpc) is 3.15. The lowest BCUT2D eigenvalue weighted by Crippen LogP contribution is -2.44. The van der Waals surface area contributed by atoms with Crippen LogP contribution in [0.4, 0.5) is 10.8 Å². The predicted molar refractivity (Wildman–Crippen MR) is 109 cm³/mol. The number of hydrogen-bond acceptors (Lipinski definition) is 6. The summed E-state index contributed by atoms with van der Waals surface area (Å²) in [6.07, 6.45) is 1.46. The highest BCUT2D eigenvalue weighted by molar-refractivity contribution is 7.15. The van der Waals surface area contributed by atoms with Gasteiger partial charge in [0.25, 0.3) is 0 Å². The predicted octanol–water partition coefficient (Wildman–Crippen LogP) is 1.90. The van der Waals surface area contributed by atoms with Gasteiger partial charge >= 0.3 is 0 Å². The number of aromatic nitrogens is 1. The number of nitrogens with zero attached hydrogens (tertiary/aromatic N) is 2. The van der Waals surface area contributed by atoms with Crippen LogP contribution in [0.3, 0.4) is 0 Å². The van der Waals surface area contributed by atoms with E-state index in [0.717, 1.165) is 29.1 Å². The summed E-state index contributed by atoms with van der Waals surface area (Å²) in [6.45, 7) is 2.64. The molecule has 2 aromatic rings. The lowest BCUT2D eigenvalue weighted by atomic mass is 10.1. The molecule has 2 N–H and O–H groups in total. The molecule has 1 aromatic heterocycles. The molecule has 6 rings (SSSR count). The Bertz CT molecular complexity index is 971. The molecule has 3 aliphatic heterocycles. The molecule has 4 aliphatic rings. The maximum Gasteiger partial charge on any atom is 0.245 e. The third-order valence-corrected chi connectivity index (χ3v) is 7.60. The van der Waals surface area contributed by atoms with Crippen molar-refractivity contribution in [3.05, 3.63) is 40.4 Å². The zero-order valence-electron chi connectivity index (χ0n) is 15.9. The summed E-state index contributed by atoms with van der Waals surface area (Å²) in [5, 5.41) is 7.01. The Morgan fingerprint density at radius 1 is 1.24 bits per heavy atom. The number of carbonyl (C=O) groups excluding carboxylic acids is 2. The summed E-state index contributed by atoms with van der Waals surface area (Å²) < 4.78 is 5.36. The highest BCUT2D eigenvalue weighted by atomic mass is 32.1. The number of nitrogens with one attached hydrogen (secondary N) is 2. The Hall–Kier alpha value is -2.45. The molecule has 4 atom stereocenters. The minimum absolute atomic E-state index is 0.0650. The van der Waals surface area contributed by atoms with E-state index in [1.54, 1.807) is 0 Å². The number of amides is 2. The Labute approximate surface area is 172 Å². The second-order valence-corrected chi connectivity index (χ2v) is 9.42. The number of fused-ring (bicyclic) bond motifs is 3. The molecular formula is C21H22N4O3S. The Balaban J connectivity index is 1.11. The average molecular weight is 410 g/mol. The van der Waals surface area contributed by atoms with Crippen molar-refractivity contribution in [2.24, 2.45) is 17.8 Å². The molecule has 7 nitrogen and oxygen atoms in total. The van der Waals surface area contributed by atoms with Crippen LogP contribution in [-0.4, -0.2) is 47.5 Å². The summed E-state index contributed by atoms with van der Waals surface area (Å²) in [7, 11) is 0. The zero-order valence-corrected chi connectivity index (χ0v) is 16.7. The molecule has 0 radical (unpaired) electrons. The van der Waals surface area contributed by atoms with Gasteiger partial charge in [-0.15, -0.1) is 0 Å². The first-order valence-electron chi connectivity index (χ1n) is 10.2. The molecule has 8 heteroatoms. The second-order valence-electron chi connectivity index (χ2n) is 8.34. The normalized spacial score (nSPS) is 28.9. The molecule has 150 valence electrons. The van der Waals surface area contributed by atoms with Gasteiger partial charge in [0.1, 0.15) is 6.04 Å². The van der Waals surface area contributed by atoms with Crippen LogP contribution in [0.5, 0.6) is 0 Å². The van der Waals surface area contributed by atoms with Crippen LogP contribution in [0.15, 0.2) is 24.3 Å². The lowest BCUT2D eigenvalue weighted by molar-refractivity contribution is -0.132. The molecule has 1 aromatic carbocycles. The van der Waals surface area contributed by atoms with Crippen molar-refractivity contribution in [3.63, 3.8) is 0 Å². The molecule has 1 saturated heterocycles. The summed E-state index contributed by atoms with van der Waals surface area (Å²) in [4.78, 5) is 33.1.